The molecule has 3 aromatic rings. The fourth-order valence-electron chi connectivity index (χ4n) is 2.46. The summed E-state index contributed by atoms with van der Waals surface area (Å²) in [4.78, 5) is 23.2. The van der Waals surface area contributed by atoms with Crippen molar-refractivity contribution in [2.24, 2.45) is 0 Å². The second-order valence-corrected chi connectivity index (χ2v) is 6.96. The molecule has 0 aliphatic carbocycles. The standard InChI is InChI=1S/C18H20N4OS/c1-12(18-21-14-8-4-5-9-15(14)24-18)11-20-17(23)13-7-6-10-19-16(13)22(2)3/h4-10,12H,11H2,1-3H3,(H,20,23). The lowest BCUT2D eigenvalue weighted by Crippen LogP contribution is -2.29. The molecule has 0 aliphatic heterocycles. The molecule has 0 saturated heterocycles. The number of pyridine rings is 1. The summed E-state index contributed by atoms with van der Waals surface area (Å²) < 4.78 is 1.17. The summed E-state index contributed by atoms with van der Waals surface area (Å²) in [7, 11) is 3.76. The maximum atomic E-state index is 12.5. The zero-order chi connectivity index (χ0) is 17.1. The topological polar surface area (TPSA) is 58.1 Å². The lowest BCUT2D eigenvalue weighted by molar-refractivity contribution is 0.0952. The summed E-state index contributed by atoms with van der Waals surface area (Å²) in [6.07, 6.45) is 1.69. The summed E-state index contributed by atoms with van der Waals surface area (Å²) >= 11 is 1.68. The molecule has 5 nitrogen and oxygen atoms in total. The van der Waals surface area contributed by atoms with Crippen LogP contribution in [0.3, 0.4) is 0 Å². The van der Waals surface area contributed by atoms with Gasteiger partial charge >= 0.3 is 0 Å². The van der Waals surface area contributed by atoms with E-state index < -0.39 is 0 Å². The minimum Gasteiger partial charge on any atom is -0.362 e. The second kappa shape index (κ2) is 6.97. The van der Waals surface area contributed by atoms with E-state index >= 15 is 0 Å². The van der Waals surface area contributed by atoms with E-state index in [0.29, 0.717) is 17.9 Å². The largest absolute Gasteiger partial charge is 0.362 e. The van der Waals surface area contributed by atoms with E-state index in [1.807, 2.05) is 37.2 Å². The normalized spacial score (nSPS) is 12.1. The van der Waals surface area contributed by atoms with Crippen LogP contribution in [0.1, 0.15) is 28.2 Å². The molecule has 0 saturated carbocycles. The second-order valence-electron chi connectivity index (χ2n) is 5.90. The molecule has 0 fully saturated rings. The first-order valence-corrected chi connectivity index (χ1v) is 8.64. The Morgan fingerprint density at radius 1 is 1.25 bits per heavy atom. The van der Waals surface area contributed by atoms with E-state index in [2.05, 4.69) is 28.3 Å². The monoisotopic (exact) mass is 340 g/mol. The van der Waals surface area contributed by atoms with E-state index in [-0.39, 0.29) is 11.8 Å². The van der Waals surface area contributed by atoms with Crippen molar-refractivity contribution in [3.63, 3.8) is 0 Å². The van der Waals surface area contributed by atoms with Crippen molar-refractivity contribution in [2.45, 2.75) is 12.8 Å². The van der Waals surface area contributed by atoms with Gasteiger partial charge in [-0.25, -0.2) is 9.97 Å². The first-order valence-electron chi connectivity index (χ1n) is 7.82. The highest BCUT2D eigenvalue weighted by atomic mass is 32.1. The molecule has 124 valence electrons. The molecule has 24 heavy (non-hydrogen) atoms. The van der Waals surface area contributed by atoms with Crippen LogP contribution in [0.15, 0.2) is 42.6 Å². The number of benzene rings is 1. The predicted molar refractivity (Wildman–Crippen MR) is 98.9 cm³/mol. The van der Waals surface area contributed by atoms with Gasteiger partial charge in [-0.3, -0.25) is 4.79 Å². The zero-order valence-electron chi connectivity index (χ0n) is 14.0. The smallest absolute Gasteiger partial charge is 0.255 e. The molecule has 6 heteroatoms. The number of para-hydroxylation sites is 1. The molecule has 1 atom stereocenters. The molecule has 1 amide bonds. The van der Waals surface area contributed by atoms with Gasteiger partial charge in [0.1, 0.15) is 5.82 Å². The zero-order valence-corrected chi connectivity index (χ0v) is 14.8. The van der Waals surface area contributed by atoms with Crippen LogP contribution < -0.4 is 10.2 Å². The van der Waals surface area contributed by atoms with E-state index in [1.165, 1.54) is 4.70 Å². The van der Waals surface area contributed by atoms with Crippen LogP contribution >= 0.6 is 11.3 Å². The summed E-state index contributed by atoms with van der Waals surface area (Å²) in [5.74, 6) is 0.716. The summed E-state index contributed by atoms with van der Waals surface area (Å²) in [5, 5.41) is 4.04. The van der Waals surface area contributed by atoms with Gasteiger partial charge < -0.3 is 10.2 Å². The third-order valence-corrected chi connectivity index (χ3v) is 5.02. The molecule has 0 radical (unpaired) electrons. The highest BCUT2D eigenvalue weighted by molar-refractivity contribution is 7.18. The Kier molecular flexibility index (Phi) is 4.76. The Labute approximate surface area is 145 Å². The maximum absolute atomic E-state index is 12.5. The van der Waals surface area contributed by atoms with E-state index in [1.54, 1.807) is 29.7 Å². The molecule has 1 aromatic carbocycles. The number of aromatic nitrogens is 2. The Morgan fingerprint density at radius 2 is 2.04 bits per heavy atom. The average molecular weight is 340 g/mol. The van der Waals surface area contributed by atoms with Crippen molar-refractivity contribution in [3.8, 4) is 0 Å². The number of carbonyl (C=O) groups is 1. The van der Waals surface area contributed by atoms with Crippen LogP contribution in [0.5, 0.6) is 0 Å². The van der Waals surface area contributed by atoms with E-state index in [0.717, 1.165) is 10.5 Å². The highest BCUT2D eigenvalue weighted by Crippen LogP contribution is 2.27. The lowest BCUT2D eigenvalue weighted by atomic mass is 10.1. The molecule has 0 spiro atoms. The molecular formula is C18H20N4OS. The van der Waals surface area contributed by atoms with Crippen molar-refractivity contribution < 1.29 is 4.79 Å². The lowest BCUT2D eigenvalue weighted by Gasteiger charge is -2.16. The average Bonchev–Trinajstić information content (AvgIpc) is 3.03. The quantitative estimate of drug-likeness (QED) is 0.774. The molecule has 2 heterocycles. The predicted octanol–water partition coefficient (Wildman–Crippen LogP) is 3.29. The number of carbonyl (C=O) groups excluding carboxylic acids is 1. The molecule has 3 rings (SSSR count). The highest BCUT2D eigenvalue weighted by Gasteiger charge is 2.16. The van der Waals surface area contributed by atoms with Gasteiger partial charge in [0, 0.05) is 32.8 Å². The number of rotatable bonds is 5. The van der Waals surface area contributed by atoms with Crippen molar-refractivity contribution in [2.75, 3.05) is 25.5 Å². The van der Waals surface area contributed by atoms with Gasteiger partial charge in [0.15, 0.2) is 0 Å². The van der Waals surface area contributed by atoms with Gasteiger partial charge in [-0.15, -0.1) is 11.3 Å². The minimum absolute atomic E-state index is 0.111. The van der Waals surface area contributed by atoms with E-state index in [4.69, 9.17) is 0 Å². The Morgan fingerprint density at radius 3 is 2.79 bits per heavy atom. The number of fused-ring (bicyclic) bond motifs is 1. The van der Waals surface area contributed by atoms with Gasteiger partial charge in [0.05, 0.1) is 20.8 Å². The number of hydrogen-bond donors (Lipinski definition) is 1. The molecule has 1 unspecified atom stereocenters. The van der Waals surface area contributed by atoms with Gasteiger partial charge in [-0.05, 0) is 24.3 Å². The fourth-order valence-corrected chi connectivity index (χ4v) is 3.48. The van der Waals surface area contributed by atoms with Gasteiger partial charge in [0.2, 0.25) is 0 Å². The number of thiazole rings is 1. The van der Waals surface area contributed by atoms with Crippen molar-refractivity contribution in [3.05, 3.63) is 53.2 Å². The fraction of sp³-hybridized carbons (Fsp3) is 0.278. The summed E-state index contributed by atoms with van der Waals surface area (Å²) in [6, 6.07) is 11.7. The van der Waals surface area contributed by atoms with Crippen LogP contribution in [-0.4, -0.2) is 36.5 Å². The van der Waals surface area contributed by atoms with Crippen LogP contribution in [0.4, 0.5) is 5.82 Å². The SMILES string of the molecule is CC(CNC(=O)c1cccnc1N(C)C)c1nc2ccccc2s1. The molecular weight excluding hydrogens is 320 g/mol. The number of nitrogens with one attached hydrogen (secondary N) is 1. The first-order chi connectivity index (χ1) is 11.6. The Bertz CT molecular complexity index is 826. The van der Waals surface area contributed by atoms with Crippen LogP contribution in [0, 0.1) is 0 Å². The van der Waals surface area contributed by atoms with Gasteiger partial charge in [0.25, 0.3) is 5.91 Å². The van der Waals surface area contributed by atoms with Crippen LogP contribution in [0.25, 0.3) is 10.2 Å². The Hall–Kier alpha value is -2.47. The number of anilines is 1. The molecule has 0 bridgehead atoms. The van der Waals surface area contributed by atoms with Gasteiger partial charge in [-0.1, -0.05) is 19.1 Å². The summed E-state index contributed by atoms with van der Waals surface area (Å²) in [6.45, 7) is 2.62. The van der Waals surface area contributed by atoms with Crippen molar-refractivity contribution in [1.29, 1.82) is 0 Å². The Balaban J connectivity index is 1.70. The molecule has 0 aliphatic rings. The number of amides is 1. The van der Waals surface area contributed by atoms with Crippen molar-refractivity contribution >= 4 is 33.3 Å². The molecule has 2 aromatic heterocycles. The third kappa shape index (κ3) is 3.38. The molecule has 1 N–H and O–H groups in total. The minimum atomic E-state index is -0.111. The van der Waals surface area contributed by atoms with Crippen LogP contribution in [-0.2, 0) is 0 Å². The number of nitrogens with zero attached hydrogens (tertiary/aromatic N) is 3. The van der Waals surface area contributed by atoms with E-state index in [9.17, 15) is 4.79 Å². The maximum Gasteiger partial charge on any atom is 0.255 e. The number of hydrogen-bond acceptors (Lipinski definition) is 5. The first kappa shape index (κ1) is 16.4. The van der Waals surface area contributed by atoms with Crippen LogP contribution in [0.2, 0.25) is 0 Å². The summed E-state index contributed by atoms with van der Waals surface area (Å²) in [5.41, 5.74) is 1.59. The van der Waals surface area contributed by atoms with Crippen molar-refractivity contribution in [1.82, 2.24) is 15.3 Å². The van der Waals surface area contributed by atoms with Gasteiger partial charge in [-0.2, -0.15) is 0 Å². The third-order valence-electron chi connectivity index (χ3n) is 3.76.